The summed E-state index contributed by atoms with van der Waals surface area (Å²) in [5.41, 5.74) is 4.82. The van der Waals surface area contributed by atoms with Crippen LogP contribution in [0.1, 0.15) is 30.6 Å². The number of rotatable bonds is 5. The van der Waals surface area contributed by atoms with E-state index in [4.69, 9.17) is 17.4 Å². The van der Waals surface area contributed by atoms with E-state index in [9.17, 15) is 0 Å². The molecule has 1 aromatic carbocycles. The standard InChI is InChI=1S/C13H15BrClIN4/c1-2-5-20-13(10(15)7-18-20)12(19-17)9-6-8(14)3-4-11(9)16/h3-4,6-7,12,19H,2,5,17H2,1H3. The number of benzene rings is 1. The predicted molar refractivity (Wildman–Crippen MR) is 93.6 cm³/mol. The summed E-state index contributed by atoms with van der Waals surface area (Å²) in [7, 11) is 0. The van der Waals surface area contributed by atoms with Crippen molar-refractivity contribution in [2.24, 2.45) is 5.84 Å². The fraction of sp³-hybridized carbons (Fsp3) is 0.308. The minimum Gasteiger partial charge on any atom is -0.271 e. The van der Waals surface area contributed by atoms with Crippen molar-refractivity contribution in [1.82, 2.24) is 15.2 Å². The summed E-state index contributed by atoms with van der Waals surface area (Å²) < 4.78 is 4.03. The smallest absolute Gasteiger partial charge is 0.0904 e. The third-order valence-electron chi connectivity index (χ3n) is 2.98. The van der Waals surface area contributed by atoms with Gasteiger partial charge in [-0.3, -0.25) is 10.5 Å². The summed E-state index contributed by atoms with van der Waals surface area (Å²) in [6, 6.07) is 5.90. The van der Waals surface area contributed by atoms with Crippen LogP contribution < -0.4 is 11.3 Å². The summed E-state index contributed by atoms with van der Waals surface area (Å²) >= 11 is 12.1. The minimum atomic E-state index is -0.194. The summed E-state index contributed by atoms with van der Waals surface area (Å²) in [5.74, 6) is 5.78. The Morgan fingerprint density at radius 3 is 2.95 bits per heavy atom. The number of nitrogens with one attached hydrogen (secondary N) is 1. The second-order valence-electron chi connectivity index (χ2n) is 4.37. The Morgan fingerprint density at radius 1 is 1.55 bits per heavy atom. The molecule has 7 heteroatoms. The largest absolute Gasteiger partial charge is 0.271 e. The molecule has 2 aromatic rings. The highest BCUT2D eigenvalue weighted by atomic mass is 127. The van der Waals surface area contributed by atoms with Gasteiger partial charge in [0.1, 0.15) is 0 Å². The monoisotopic (exact) mass is 468 g/mol. The molecule has 0 aliphatic heterocycles. The average Bonchev–Trinajstić information content (AvgIpc) is 2.77. The second kappa shape index (κ2) is 7.22. The quantitative estimate of drug-likeness (QED) is 0.397. The molecule has 1 atom stereocenters. The van der Waals surface area contributed by atoms with E-state index in [-0.39, 0.29) is 6.04 Å². The maximum Gasteiger partial charge on any atom is 0.0904 e. The molecule has 0 spiro atoms. The van der Waals surface area contributed by atoms with Crippen LogP contribution in [0.25, 0.3) is 0 Å². The van der Waals surface area contributed by atoms with Gasteiger partial charge in [0.15, 0.2) is 0 Å². The zero-order chi connectivity index (χ0) is 14.7. The van der Waals surface area contributed by atoms with Gasteiger partial charge in [0, 0.05) is 14.6 Å². The number of halogens is 3. The van der Waals surface area contributed by atoms with Crippen LogP contribution in [0.4, 0.5) is 0 Å². The Bertz CT molecular complexity index is 602. The van der Waals surface area contributed by atoms with Gasteiger partial charge in [0.05, 0.1) is 23.0 Å². The predicted octanol–water partition coefficient (Wildman–Crippen LogP) is 3.87. The van der Waals surface area contributed by atoms with Crippen LogP contribution in [0, 0.1) is 3.57 Å². The first kappa shape index (κ1) is 16.2. The first-order valence-corrected chi connectivity index (χ1v) is 8.45. The van der Waals surface area contributed by atoms with Gasteiger partial charge < -0.3 is 0 Å². The second-order valence-corrected chi connectivity index (χ2v) is 6.85. The Kier molecular flexibility index (Phi) is 5.85. The van der Waals surface area contributed by atoms with E-state index in [2.05, 4.69) is 56.0 Å². The van der Waals surface area contributed by atoms with Crippen molar-refractivity contribution < 1.29 is 0 Å². The summed E-state index contributed by atoms with van der Waals surface area (Å²) in [6.07, 6.45) is 2.65. The number of aromatic nitrogens is 2. The molecule has 0 saturated carbocycles. The van der Waals surface area contributed by atoms with Gasteiger partial charge in [-0.05, 0) is 52.8 Å². The molecule has 1 unspecified atom stereocenters. The lowest BCUT2D eigenvalue weighted by Gasteiger charge is -2.20. The lowest BCUT2D eigenvalue weighted by molar-refractivity contribution is 0.520. The molecule has 1 heterocycles. The van der Waals surface area contributed by atoms with E-state index in [1.165, 1.54) is 0 Å². The first-order valence-electron chi connectivity index (χ1n) is 6.20. The number of aryl methyl sites for hydroxylation is 1. The molecule has 108 valence electrons. The fourth-order valence-corrected chi connectivity index (χ4v) is 3.38. The van der Waals surface area contributed by atoms with Crippen molar-refractivity contribution in [1.29, 1.82) is 0 Å². The van der Waals surface area contributed by atoms with Crippen molar-refractivity contribution in [3.8, 4) is 0 Å². The molecule has 3 N–H and O–H groups in total. The number of hydrogen-bond donors (Lipinski definition) is 2. The molecule has 0 fully saturated rings. The van der Waals surface area contributed by atoms with Crippen LogP contribution in [-0.4, -0.2) is 9.78 Å². The molecule has 0 aliphatic carbocycles. The van der Waals surface area contributed by atoms with Crippen LogP contribution in [0.3, 0.4) is 0 Å². The van der Waals surface area contributed by atoms with Gasteiger partial charge in [-0.25, -0.2) is 5.43 Å². The minimum absolute atomic E-state index is 0.194. The zero-order valence-electron chi connectivity index (χ0n) is 10.9. The molecule has 0 radical (unpaired) electrons. The fourth-order valence-electron chi connectivity index (χ4n) is 2.10. The van der Waals surface area contributed by atoms with E-state index in [1.54, 1.807) is 6.20 Å². The average molecular weight is 470 g/mol. The van der Waals surface area contributed by atoms with Gasteiger partial charge in [0.2, 0.25) is 0 Å². The molecular formula is C13H15BrClIN4. The highest BCUT2D eigenvalue weighted by molar-refractivity contribution is 14.1. The molecule has 2 rings (SSSR count). The van der Waals surface area contributed by atoms with E-state index >= 15 is 0 Å². The molecular weight excluding hydrogens is 454 g/mol. The van der Waals surface area contributed by atoms with Crippen molar-refractivity contribution in [3.05, 3.63) is 48.7 Å². The van der Waals surface area contributed by atoms with Crippen LogP contribution >= 0.6 is 50.1 Å². The van der Waals surface area contributed by atoms with Gasteiger partial charge in [-0.2, -0.15) is 5.10 Å². The van der Waals surface area contributed by atoms with E-state index in [0.29, 0.717) is 5.02 Å². The molecule has 1 aromatic heterocycles. The maximum atomic E-state index is 6.30. The van der Waals surface area contributed by atoms with E-state index in [0.717, 1.165) is 32.3 Å². The topological polar surface area (TPSA) is 55.9 Å². The molecule has 0 bridgehead atoms. The number of nitrogens with zero attached hydrogens (tertiary/aromatic N) is 2. The van der Waals surface area contributed by atoms with Crippen molar-refractivity contribution >= 4 is 50.1 Å². The Labute approximate surface area is 145 Å². The lowest BCUT2D eigenvalue weighted by Crippen LogP contribution is -2.31. The van der Waals surface area contributed by atoms with Crippen LogP contribution in [-0.2, 0) is 6.54 Å². The van der Waals surface area contributed by atoms with Gasteiger partial charge in [-0.15, -0.1) is 0 Å². The molecule has 0 amide bonds. The third kappa shape index (κ3) is 3.36. The van der Waals surface area contributed by atoms with E-state index < -0.39 is 0 Å². The number of nitrogens with two attached hydrogens (primary N) is 1. The number of hydrogen-bond acceptors (Lipinski definition) is 3. The van der Waals surface area contributed by atoms with Gasteiger partial charge in [0.25, 0.3) is 0 Å². The summed E-state index contributed by atoms with van der Waals surface area (Å²) in [4.78, 5) is 0. The molecule has 4 nitrogen and oxygen atoms in total. The lowest BCUT2D eigenvalue weighted by atomic mass is 10.0. The number of hydrazine groups is 1. The normalized spacial score (nSPS) is 12.7. The zero-order valence-corrected chi connectivity index (χ0v) is 15.4. The van der Waals surface area contributed by atoms with Crippen LogP contribution in [0.2, 0.25) is 5.02 Å². The van der Waals surface area contributed by atoms with E-state index in [1.807, 2.05) is 22.9 Å². The maximum absolute atomic E-state index is 6.30. The van der Waals surface area contributed by atoms with Crippen molar-refractivity contribution in [2.75, 3.05) is 0 Å². The highest BCUT2D eigenvalue weighted by Gasteiger charge is 2.23. The Balaban J connectivity index is 2.52. The van der Waals surface area contributed by atoms with Crippen molar-refractivity contribution in [2.45, 2.75) is 25.9 Å². The van der Waals surface area contributed by atoms with Gasteiger partial charge in [-0.1, -0.05) is 34.5 Å². The van der Waals surface area contributed by atoms with Crippen LogP contribution in [0.15, 0.2) is 28.9 Å². The molecule has 0 aliphatic rings. The SMILES string of the molecule is CCCn1ncc(Cl)c1C(NN)c1cc(Br)ccc1I. The Morgan fingerprint density at radius 2 is 2.30 bits per heavy atom. The van der Waals surface area contributed by atoms with Gasteiger partial charge >= 0.3 is 0 Å². The van der Waals surface area contributed by atoms with Crippen LogP contribution in [0.5, 0.6) is 0 Å². The third-order valence-corrected chi connectivity index (χ3v) is 4.74. The summed E-state index contributed by atoms with van der Waals surface area (Å²) in [5, 5.41) is 4.95. The van der Waals surface area contributed by atoms with Crippen molar-refractivity contribution in [3.63, 3.8) is 0 Å². The molecule has 20 heavy (non-hydrogen) atoms. The molecule has 0 saturated heterocycles. The summed E-state index contributed by atoms with van der Waals surface area (Å²) in [6.45, 7) is 2.91. The first-order chi connectivity index (χ1) is 9.58. The highest BCUT2D eigenvalue weighted by Crippen LogP contribution is 2.32. The Hall–Kier alpha value is -0.150.